The second-order valence-electron chi connectivity index (χ2n) is 11.3. The van der Waals surface area contributed by atoms with Crippen LogP contribution in [-0.4, -0.2) is 38.5 Å². The number of nitrogens with zero attached hydrogens (tertiary/aromatic N) is 1. The summed E-state index contributed by atoms with van der Waals surface area (Å²) in [6.07, 6.45) is -0.137. The number of rotatable bonds is 6. The molecule has 7 nitrogen and oxygen atoms in total. The minimum atomic E-state index is -3.73. The van der Waals surface area contributed by atoms with Crippen LogP contribution < -0.4 is 9.04 Å². The number of fused-ring (bicyclic) bond motifs is 3. The number of benzene rings is 3. The number of sulfonamides is 1. The zero-order valence-electron chi connectivity index (χ0n) is 24.1. The van der Waals surface area contributed by atoms with Gasteiger partial charge in [-0.15, -0.1) is 0 Å². The van der Waals surface area contributed by atoms with Crippen LogP contribution >= 0.6 is 0 Å². The summed E-state index contributed by atoms with van der Waals surface area (Å²) in [5.74, 6) is -0.485. The van der Waals surface area contributed by atoms with Crippen molar-refractivity contribution in [3.05, 3.63) is 69.8 Å². The van der Waals surface area contributed by atoms with Crippen molar-refractivity contribution in [3.8, 4) is 28.0 Å². The maximum Gasteiger partial charge on any atom is 0.337 e. The minimum absolute atomic E-state index is 0.112. The smallest absolute Gasteiger partial charge is 0.337 e. The molecule has 0 amide bonds. The maximum atomic E-state index is 13.2. The number of aryl methyl sites for hydroxylation is 2. The summed E-state index contributed by atoms with van der Waals surface area (Å²) in [5.41, 5.74) is 7.69. The van der Waals surface area contributed by atoms with E-state index < -0.39 is 27.7 Å². The molecule has 1 aliphatic heterocycles. The van der Waals surface area contributed by atoms with E-state index in [9.17, 15) is 18.3 Å². The molecule has 0 fully saturated rings. The number of hydrogen-bond donors (Lipinski definition) is 1. The summed E-state index contributed by atoms with van der Waals surface area (Å²) in [6, 6.07) is 11.7. The highest BCUT2D eigenvalue weighted by atomic mass is 32.2. The Balaban J connectivity index is 2.24. The molecule has 0 bridgehead atoms. The molecule has 208 valence electrons. The third-order valence-corrected chi connectivity index (χ3v) is 8.27. The van der Waals surface area contributed by atoms with Gasteiger partial charge in [0.1, 0.15) is 5.75 Å². The molecule has 0 aromatic heterocycles. The summed E-state index contributed by atoms with van der Waals surface area (Å²) in [7, 11) is -2.14. The molecule has 1 atom stereocenters. The largest absolute Gasteiger partial charge is 0.497 e. The fourth-order valence-corrected chi connectivity index (χ4v) is 6.51. The standard InChI is InChI=1S/C31H37NO6S/c1-17-10-12-21(13-11-17)25-19(3)26-24-18(2)14-23(37-8)15-22(24)16-32(39(9,35)36)28(26)20(4)27(25)29(30(33)34)38-31(5,6)7/h10-15,29H,16H2,1-9H3,(H,33,34)/t29-/m0/s1. The summed E-state index contributed by atoms with van der Waals surface area (Å²) < 4.78 is 39.5. The average Bonchev–Trinajstić information content (AvgIpc) is 2.83. The van der Waals surface area contributed by atoms with E-state index in [1.54, 1.807) is 14.0 Å². The van der Waals surface area contributed by atoms with Crippen molar-refractivity contribution < 1.29 is 27.8 Å². The fraction of sp³-hybridized carbons (Fsp3) is 0.387. The van der Waals surface area contributed by atoms with E-state index in [4.69, 9.17) is 9.47 Å². The van der Waals surface area contributed by atoms with Gasteiger partial charge in [0.25, 0.3) is 0 Å². The summed E-state index contributed by atoms with van der Waals surface area (Å²) in [6.45, 7) is 13.3. The minimum Gasteiger partial charge on any atom is -0.497 e. The molecule has 1 N–H and O–H groups in total. The van der Waals surface area contributed by atoms with Crippen molar-refractivity contribution in [3.63, 3.8) is 0 Å². The third kappa shape index (κ3) is 5.28. The lowest BCUT2D eigenvalue weighted by Gasteiger charge is -2.38. The van der Waals surface area contributed by atoms with Crippen LogP contribution in [0.25, 0.3) is 22.3 Å². The number of carboxylic acids is 1. The van der Waals surface area contributed by atoms with Crippen LogP contribution in [0, 0.1) is 27.7 Å². The number of ether oxygens (including phenoxy) is 2. The second kappa shape index (κ2) is 9.99. The Morgan fingerprint density at radius 1 is 0.974 bits per heavy atom. The number of carboxylic acid groups (broad SMARTS) is 1. The zero-order chi connectivity index (χ0) is 29.0. The van der Waals surface area contributed by atoms with E-state index in [0.29, 0.717) is 22.6 Å². The molecule has 0 radical (unpaired) electrons. The van der Waals surface area contributed by atoms with E-state index in [-0.39, 0.29) is 6.54 Å². The van der Waals surface area contributed by atoms with Crippen LogP contribution in [-0.2, 0) is 26.1 Å². The lowest BCUT2D eigenvalue weighted by atomic mass is 9.79. The van der Waals surface area contributed by atoms with Gasteiger partial charge in [-0.3, -0.25) is 4.31 Å². The van der Waals surface area contributed by atoms with Gasteiger partial charge >= 0.3 is 5.97 Å². The molecule has 3 aromatic rings. The fourth-order valence-electron chi connectivity index (χ4n) is 5.57. The molecule has 0 aliphatic carbocycles. The molecular formula is C31H37NO6S. The van der Waals surface area contributed by atoms with E-state index in [0.717, 1.165) is 44.5 Å². The molecule has 0 saturated carbocycles. The predicted molar refractivity (Wildman–Crippen MR) is 155 cm³/mol. The Morgan fingerprint density at radius 2 is 1.59 bits per heavy atom. The lowest BCUT2D eigenvalue weighted by Crippen LogP contribution is -2.35. The van der Waals surface area contributed by atoms with Gasteiger partial charge in [0.2, 0.25) is 10.0 Å². The molecule has 39 heavy (non-hydrogen) atoms. The first-order chi connectivity index (χ1) is 18.0. The van der Waals surface area contributed by atoms with Gasteiger partial charge in [0.15, 0.2) is 6.10 Å². The van der Waals surface area contributed by atoms with Gasteiger partial charge in [0.05, 0.1) is 31.2 Å². The van der Waals surface area contributed by atoms with Gasteiger partial charge in [-0.05, 0) is 99.5 Å². The highest BCUT2D eigenvalue weighted by Crippen LogP contribution is 2.52. The number of anilines is 1. The van der Waals surface area contributed by atoms with Crippen LogP contribution in [0.15, 0.2) is 36.4 Å². The first kappa shape index (κ1) is 28.6. The van der Waals surface area contributed by atoms with Crippen LogP contribution in [0.1, 0.15) is 60.3 Å². The Kier molecular flexibility index (Phi) is 7.34. The number of aliphatic carboxylic acids is 1. The van der Waals surface area contributed by atoms with Crippen molar-refractivity contribution in [2.75, 3.05) is 17.7 Å². The van der Waals surface area contributed by atoms with Crippen LogP contribution in [0.3, 0.4) is 0 Å². The van der Waals surface area contributed by atoms with Gasteiger partial charge in [0, 0.05) is 11.1 Å². The Morgan fingerprint density at radius 3 is 2.10 bits per heavy atom. The highest BCUT2D eigenvalue weighted by molar-refractivity contribution is 7.92. The van der Waals surface area contributed by atoms with Crippen molar-refractivity contribution in [1.29, 1.82) is 0 Å². The Bertz CT molecular complexity index is 1570. The van der Waals surface area contributed by atoms with Crippen molar-refractivity contribution in [2.24, 2.45) is 0 Å². The molecule has 1 heterocycles. The number of carbonyl (C=O) groups is 1. The highest BCUT2D eigenvalue weighted by Gasteiger charge is 2.39. The summed E-state index contributed by atoms with van der Waals surface area (Å²) >= 11 is 0. The topological polar surface area (TPSA) is 93.1 Å². The average molecular weight is 552 g/mol. The van der Waals surface area contributed by atoms with Crippen molar-refractivity contribution in [1.82, 2.24) is 0 Å². The molecule has 3 aromatic carbocycles. The van der Waals surface area contributed by atoms with E-state index >= 15 is 0 Å². The van der Waals surface area contributed by atoms with Crippen LogP contribution in [0.5, 0.6) is 5.75 Å². The van der Waals surface area contributed by atoms with Crippen molar-refractivity contribution >= 4 is 21.7 Å². The van der Waals surface area contributed by atoms with Crippen LogP contribution in [0.4, 0.5) is 5.69 Å². The van der Waals surface area contributed by atoms with E-state index in [1.165, 1.54) is 10.6 Å². The first-order valence-corrected chi connectivity index (χ1v) is 14.7. The van der Waals surface area contributed by atoms with Crippen molar-refractivity contribution in [2.45, 2.75) is 66.7 Å². The lowest BCUT2D eigenvalue weighted by molar-refractivity contribution is -0.160. The maximum absolute atomic E-state index is 13.2. The molecule has 0 unspecified atom stereocenters. The van der Waals surface area contributed by atoms with Gasteiger partial charge in [-0.1, -0.05) is 29.8 Å². The normalized spacial score (nSPS) is 14.0. The number of hydrogen-bond acceptors (Lipinski definition) is 5. The first-order valence-electron chi connectivity index (χ1n) is 12.9. The molecule has 8 heteroatoms. The Hall–Kier alpha value is -3.36. The van der Waals surface area contributed by atoms with E-state index in [1.807, 2.05) is 77.9 Å². The van der Waals surface area contributed by atoms with E-state index in [2.05, 4.69) is 0 Å². The predicted octanol–water partition coefficient (Wildman–Crippen LogP) is 6.48. The summed E-state index contributed by atoms with van der Waals surface area (Å²) in [4.78, 5) is 12.8. The molecule has 4 rings (SSSR count). The monoisotopic (exact) mass is 551 g/mol. The van der Waals surface area contributed by atoms with Gasteiger partial charge in [-0.25, -0.2) is 13.2 Å². The number of methoxy groups -OCH3 is 1. The zero-order valence-corrected chi connectivity index (χ0v) is 24.9. The Labute approximate surface area is 231 Å². The molecule has 1 aliphatic rings. The third-order valence-electron chi connectivity index (χ3n) is 7.15. The SMILES string of the molecule is COc1cc(C)c2c(c1)CN(S(C)(=O)=O)c1c(C)c([C@H](OC(C)(C)C)C(=O)O)c(-c3ccc(C)cc3)c(C)c1-2. The molecule has 0 spiro atoms. The summed E-state index contributed by atoms with van der Waals surface area (Å²) in [5, 5.41) is 10.4. The van der Waals surface area contributed by atoms with Crippen LogP contribution in [0.2, 0.25) is 0 Å². The van der Waals surface area contributed by atoms with Gasteiger partial charge < -0.3 is 14.6 Å². The quantitative estimate of drug-likeness (QED) is 0.377. The second-order valence-corrected chi connectivity index (χ2v) is 13.2. The van der Waals surface area contributed by atoms with Gasteiger partial charge in [-0.2, -0.15) is 0 Å². The molecular weight excluding hydrogens is 514 g/mol. The molecule has 0 saturated heterocycles.